The summed E-state index contributed by atoms with van der Waals surface area (Å²) in [6.45, 7) is 1.09. The van der Waals surface area contributed by atoms with Gasteiger partial charge in [0.15, 0.2) is 0 Å². The number of amides is 4. The van der Waals surface area contributed by atoms with Crippen LogP contribution in [-0.2, 0) is 17.9 Å². The molecule has 3 aliphatic rings. The molecule has 142 valence electrons. The van der Waals surface area contributed by atoms with E-state index in [1.165, 1.54) is 11.9 Å². The van der Waals surface area contributed by atoms with Crippen molar-refractivity contribution in [3.8, 4) is 11.1 Å². The highest BCUT2D eigenvalue weighted by Gasteiger charge is 2.38. The second-order valence-corrected chi connectivity index (χ2v) is 7.67. The van der Waals surface area contributed by atoms with Gasteiger partial charge in [-0.25, -0.2) is 4.79 Å². The third kappa shape index (κ3) is 2.74. The maximum absolute atomic E-state index is 12.5. The van der Waals surface area contributed by atoms with E-state index in [1.807, 2.05) is 29.2 Å². The summed E-state index contributed by atoms with van der Waals surface area (Å²) in [5, 5.41) is 0. The van der Waals surface area contributed by atoms with Crippen LogP contribution in [0.25, 0.3) is 11.1 Å². The van der Waals surface area contributed by atoms with E-state index in [2.05, 4.69) is 11.1 Å². The Kier molecular flexibility index (Phi) is 3.72. The minimum Gasteiger partial charge on any atom is -0.331 e. The summed E-state index contributed by atoms with van der Waals surface area (Å²) in [5.41, 5.74) is 4.60. The Morgan fingerprint density at radius 1 is 1.04 bits per heavy atom. The van der Waals surface area contributed by atoms with E-state index in [0.717, 1.165) is 45.7 Å². The van der Waals surface area contributed by atoms with E-state index >= 15 is 0 Å². The second kappa shape index (κ2) is 6.15. The number of benzene rings is 1. The van der Waals surface area contributed by atoms with Crippen molar-refractivity contribution in [2.24, 2.45) is 0 Å². The molecule has 1 aromatic heterocycles. The zero-order chi connectivity index (χ0) is 19.4. The highest BCUT2D eigenvalue weighted by Crippen LogP contribution is 2.36. The molecule has 1 aliphatic carbocycles. The van der Waals surface area contributed by atoms with Gasteiger partial charge in [-0.05, 0) is 42.2 Å². The number of fused-ring (bicyclic) bond motifs is 1. The van der Waals surface area contributed by atoms with Gasteiger partial charge < -0.3 is 9.80 Å². The predicted octanol–water partition coefficient (Wildman–Crippen LogP) is 2.26. The van der Waals surface area contributed by atoms with Crippen LogP contribution in [0, 0.1) is 0 Å². The molecule has 0 atom stereocenters. The van der Waals surface area contributed by atoms with Gasteiger partial charge in [0.05, 0.1) is 12.2 Å². The molecule has 4 amide bonds. The third-order valence-corrected chi connectivity index (χ3v) is 5.69. The lowest BCUT2D eigenvalue weighted by Gasteiger charge is -2.14. The first-order valence-electron chi connectivity index (χ1n) is 9.46. The van der Waals surface area contributed by atoms with Crippen molar-refractivity contribution in [1.29, 1.82) is 0 Å². The Morgan fingerprint density at radius 2 is 1.82 bits per heavy atom. The molecule has 3 heterocycles. The lowest BCUT2D eigenvalue weighted by Crippen LogP contribution is -2.29. The Morgan fingerprint density at radius 3 is 2.46 bits per heavy atom. The molecule has 7 heteroatoms. The highest BCUT2D eigenvalue weighted by atomic mass is 16.2. The van der Waals surface area contributed by atoms with Crippen LogP contribution in [0.15, 0.2) is 36.5 Å². The summed E-state index contributed by atoms with van der Waals surface area (Å²) in [6, 6.07) is 9.91. The van der Waals surface area contributed by atoms with Gasteiger partial charge in [0, 0.05) is 37.0 Å². The normalized spacial score (nSPS) is 19.0. The molecular weight excluding hydrogens is 356 g/mol. The Labute approximate surface area is 162 Å². The highest BCUT2D eigenvalue weighted by molar-refractivity contribution is 6.01. The van der Waals surface area contributed by atoms with Gasteiger partial charge in [-0.15, -0.1) is 0 Å². The third-order valence-electron chi connectivity index (χ3n) is 5.69. The average molecular weight is 376 g/mol. The van der Waals surface area contributed by atoms with Gasteiger partial charge >= 0.3 is 6.03 Å². The van der Waals surface area contributed by atoms with Crippen molar-refractivity contribution >= 4 is 17.8 Å². The SMILES string of the molecule is CN1C(=O)CN(Cc2ccc(-c3ccc4c(c3)CN(C3CC3)C4=O)cn2)C1=O. The summed E-state index contributed by atoms with van der Waals surface area (Å²) in [4.78, 5) is 45.1. The van der Waals surface area contributed by atoms with Crippen molar-refractivity contribution in [3.05, 3.63) is 53.3 Å². The predicted molar refractivity (Wildman–Crippen MR) is 101 cm³/mol. The van der Waals surface area contributed by atoms with Crippen LogP contribution in [0.4, 0.5) is 4.79 Å². The standard InChI is InChI=1S/C21H20N4O3/c1-23-19(26)12-24(21(23)28)11-16-4-2-14(9-22-16)13-3-7-18-15(8-13)10-25(20(18)27)17-5-6-17/h2-4,7-9,17H,5-6,10-12H2,1H3. The van der Waals surface area contributed by atoms with Crippen molar-refractivity contribution < 1.29 is 14.4 Å². The van der Waals surface area contributed by atoms with Gasteiger partial charge in [0.25, 0.3) is 5.91 Å². The maximum Gasteiger partial charge on any atom is 0.327 e. The molecule has 1 aromatic carbocycles. The summed E-state index contributed by atoms with van der Waals surface area (Å²) in [7, 11) is 1.49. The van der Waals surface area contributed by atoms with E-state index in [-0.39, 0.29) is 24.4 Å². The first-order chi connectivity index (χ1) is 13.5. The molecule has 0 unspecified atom stereocenters. The molecule has 28 heavy (non-hydrogen) atoms. The Bertz CT molecular complexity index is 997. The van der Waals surface area contributed by atoms with Gasteiger partial charge in [0.1, 0.15) is 6.54 Å². The number of likely N-dealkylation sites (N-methyl/N-ethyl adjacent to an activating group) is 1. The summed E-state index contributed by atoms with van der Waals surface area (Å²) >= 11 is 0. The molecule has 1 saturated heterocycles. The number of rotatable bonds is 4. The topological polar surface area (TPSA) is 73.8 Å². The van der Waals surface area contributed by atoms with E-state index in [1.54, 1.807) is 6.20 Å². The number of imide groups is 1. The maximum atomic E-state index is 12.5. The molecule has 0 bridgehead atoms. The molecular formula is C21H20N4O3. The number of carbonyl (C=O) groups is 3. The summed E-state index contributed by atoms with van der Waals surface area (Å²) in [6.07, 6.45) is 4.00. The summed E-state index contributed by atoms with van der Waals surface area (Å²) in [5.74, 6) is -0.0538. The zero-order valence-electron chi connectivity index (χ0n) is 15.6. The van der Waals surface area contributed by atoms with Gasteiger partial charge in [-0.3, -0.25) is 19.5 Å². The van der Waals surface area contributed by atoms with Crippen LogP contribution in [0.2, 0.25) is 0 Å². The Balaban J connectivity index is 1.33. The van der Waals surface area contributed by atoms with Crippen LogP contribution in [0.5, 0.6) is 0 Å². The van der Waals surface area contributed by atoms with Crippen molar-refractivity contribution in [2.45, 2.75) is 32.0 Å². The molecule has 2 aromatic rings. The van der Waals surface area contributed by atoms with Crippen LogP contribution in [0.3, 0.4) is 0 Å². The van der Waals surface area contributed by atoms with Crippen molar-refractivity contribution in [2.75, 3.05) is 13.6 Å². The van der Waals surface area contributed by atoms with Crippen LogP contribution in [0.1, 0.15) is 34.5 Å². The monoisotopic (exact) mass is 376 g/mol. The number of hydrogen-bond acceptors (Lipinski definition) is 4. The second-order valence-electron chi connectivity index (χ2n) is 7.67. The zero-order valence-corrected chi connectivity index (χ0v) is 15.6. The fraction of sp³-hybridized carbons (Fsp3) is 0.333. The molecule has 0 spiro atoms. The Hall–Kier alpha value is -3.22. The molecule has 0 radical (unpaired) electrons. The molecule has 0 N–H and O–H groups in total. The smallest absolute Gasteiger partial charge is 0.327 e. The summed E-state index contributed by atoms with van der Waals surface area (Å²) < 4.78 is 0. The van der Waals surface area contributed by atoms with Crippen LogP contribution < -0.4 is 0 Å². The van der Waals surface area contributed by atoms with E-state index in [0.29, 0.717) is 19.1 Å². The fourth-order valence-electron chi connectivity index (χ4n) is 3.87. The molecule has 2 fully saturated rings. The molecule has 1 saturated carbocycles. The fourth-order valence-corrected chi connectivity index (χ4v) is 3.87. The number of aromatic nitrogens is 1. The van der Waals surface area contributed by atoms with Crippen LogP contribution in [-0.4, -0.2) is 57.2 Å². The van der Waals surface area contributed by atoms with E-state index in [9.17, 15) is 14.4 Å². The lowest BCUT2D eigenvalue weighted by atomic mass is 10.0. The quantitative estimate of drug-likeness (QED) is 0.768. The molecule has 2 aliphatic heterocycles. The molecule has 7 nitrogen and oxygen atoms in total. The van der Waals surface area contributed by atoms with Crippen LogP contribution >= 0.6 is 0 Å². The first kappa shape index (κ1) is 16.9. The van der Waals surface area contributed by atoms with Gasteiger partial charge in [-0.2, -0.15) is 0 Å². The first-order valence-corrected chi connectivity index (χ1v) is 9.46. The van der Waals surface area contributed by atoms with Gasteiger partial charge in [0.2, 0.25) is 5.91 Å². The van der Waals surface area contributed by atoms with E-state index < -0.39 is 0 Å². The number of urea groups is 1. The minimum atomic E-state index is -0.292. The number of carbonyl (C=O) groups excluding carboxylic acids is 3. The molecule has 5 rings (SSSR count). The lowest BCUT2D eigenvalue weighted by molar-refractivity contribution is -0.124. The number of nitrogens with zero attached hydrogens (tertiary/aromatic N) is 4. The number of pyridine rings is 1. The minimum absolute atomic E-state index is 0.0924. The van der Waals surface area contributed by atoms with Gasteiger partial charge in [-0.1, -0.05) is 12.1 Å². The average Bonchev–Trinajstić information content (AvgIpc) is 3.46. The van der Waals surface area contributed by atoms with Crippen molar-refractivity contribution in [1.82, 2.24) is 19.7 Å². The number of hydrogen-bond donors (Lipinski definition) is 0. The van der Waals surface area contributed by atoms with Crippen molar-refractivity contribution in [3.63, 3.8) is 0 Å². The largest absolute Gasteiger partial charge is 0.331 e. The van der Waals surface area contributed by atoms with E-state index in [4.69, 9.17) is 0 Å².